The summed E-state index contributed by atoms with van der Waals surface area (Å²) in [5.41, 5.74) is -0.0854. The van der Waals surface area contributed by atoms with E-state index in [0.29, 0.717) is 12.2 Å². The molecule has 0 saturated heterocycles. The molecule has 1 fully saturated rings. The Balaban J connectivity index is 1.74. The number of anilines is 1. The van der Waals surface area contributed by atoms with Gasteiger partial charge in [0.2, 0.25) is 0 Å². The number of aromatic nitrogens is 2. The quantitative estimate of drug-likeness (QED) is 0.739. The summed E-state index contributed by atoms with van der Waals surface area (Å²) in [6, 6.07) is -0.300. The Morgan fingerprint density at radius 1 is 1.41 bits per heavy atom. The first-order valence-corrected chi connectivity index (χ1v) is 7.91. The molecule has 124 valence electrons. The molecule has 0 aromatic carbocycles. The molecule has 0 radical (unpaired) electrons. The van der Waals surface area contributed by atoms with Crippen LogP contribution in [0.1, 0.15) is 32.1 Å². The van der Waals surface area contributed by atoms with Crippen molar-refractivity contribution in [2.24, 2.45) is 0 Å². The van der Waals surface area contributed by atoms with Gasteiger partial charge in [0.15, 0.2) is 0 Å². The second-order valence-corrected chi connectivity index (χ2v) is 6.39. The minimum atomic E-state index is -0.745. The maximum atomic E-state index is 11.9. The molecule has 1 aromatic rings. The monoisotopic (exact) mass is 309 g/mol. The van der Waals surface area contributed by atoms with Crippen LogP contribution in [0.25, 0.3) is 0 Å². The normalized spacial score (nSPS) is 17.5. The smallest absolute Gasteiger partial charge is 0.319 e. The third kappa shape index (κ3) is 5.31. The van der Waals surface area contributed by atoms with Crippen LogP contribution in [0.3, 0.4) is 0 Å². The molecule has 1 aliphatic carbocycles. The number of hydrogen-bond donors (Lipinski definition) is 3. The number of nitrogens with one attached hydrogen (secondary N) is 2. The van der Waals surface area contributed by atoms with Crippen molar-refractivity contribution in [3.8, 4) is 0 Å². The number of rotatable bonds is 6. The lowest BCUT2D eigenvalue weighted by molar-refractivity contribution is 0.00755. The van der Waals surface area contributed by atoms with E-state index in [1.807, 2.05) is 14.1 Å². The van der Waals surface area contributed by atoms with Crippen LogP contribution in [0.2, 0.25) is 0 Å². The number of likely N-dealkylation sites (N-methyl/N-ethyl adjacent to an activating group) is 1. The second-order valence-electron chi connectivity index (χ2n) is 6.39. The highest BCUT2D eigenvalue weighted by Crippen LogP contribution is 2.27. The van der Waals surface area contributed by atoms with Gasteiger partial charge in [-0.05, 0) is 26.9 Å². The molecule has 1 aliphatic rings. The van der Waals surface area contributed by atoms with E-state index in [1.54, 1.807) is 17.1 Å². The van der Waals surface area contributed by atoms with Crippen molar-refractivity contribution >= 4 is 11.7 Å². The van der Waals surface area contributed by atoms with Crippen molar-refractivity contribution < 1.29 is 9.90 Å². The molecular formula is C15H27N5O2. The molecule has 1 heterocycles. The standard InChI is InChI=1S/C15H27N5O2/c1-19(2)8-9-20-11-13(10-17-20)18-14(21)16-12-15(22)6-4-3-5-7-15/h10-11,22H,3-9,12H2,1-2H3,(H2,16,18,21). The Morgan fingerprint density at radius 3 is 2.82 bits per heavy atom. The van der Waals surface area contributed by atoms with Gasteiger partial charge >= 0.3 is 6.03 Å². The van der Waals surface area contributed by atoms with Crippen LogP contribution in [0.5, 0.6) is 0 Å². The van der Waals surface area contributed by atoms with Gasteiger partial charge < -0.3 is 20.6 Å². The SMILES string of the molecule is CN(C)CCn1cc(NC(=O)NCC2(O)CCCCC2)cn1. The Bertz CT molecular complexity index is 480. The van der Waals surface area contributed by atoms with E-state index in [2.05, 4.69) is 20.6 Å². The summed E-state index contributed by atoms with van der Waals surface area (Å²) in [6.07, 6.45) is 8.17. The van der Waals surface area contributed by atoms with Crippen LogP contribution in [-0.4, -0.2) is 58.6 Å². The molecule has 0 atom stereocenters. The molecule has 7 heteroatoms. The third-order valence-corrected chi connectivity index (χ3v) is 4.03. The van der Waals surface area contributed by atoms with Crippen LogP contribution in [0.4, 0.5) is 10.5 Å². The zero-order valence-corrected chi connectivity index (χ0v) is 13.5. The van der Waals surface area contributed by atoms with E-state index in [1.165, 1.54) is 6.42 Å². The fourth-order valence-corrected chi connectivity index (χ4v) is 2.66. The highest BCUT2D eigenvalue weighted by Gasteiger charge is 2.29. The molecule has 7 nitrogen and oxygen atoms in total. The summed E-state index contributed by atoms with van der Waals surface area (Å²) in [5.74, 6) is 0. The first kappa shape index (κ1) is 16.8. The molecule has 0 bridgehead atoms. The van der Waals surface area contributed by atoms with Gasteiger partial charge in [0.05, 0.1) is 24.0 Å². The van der Waals surface area contributed by atoms with E-state index in [9.17, 15) is 9.90 Å². The van der Waals surface area contributed by atoms with Crippen molar-refractivity contribution in [3.63, 3.8) is 0 Å². The van der Waals surface area contributed by atoms with Crippen LogP contribution < -0.4 is 10.6 Å². The molecule has 2 amide bonds. The van der Waals surface area contributed by atoms with E-state index in [0.717, 1.165) is 38.8 Å². The zero-order valence-electron chi connectivity index (χ0n) is 13.5. The van der Waals surface area contributed by atoms with E-state index in [-0.39, 0.29) is 6.03 Å². The zero-order chi connectivity index (χ0) is 16.0. The summed E-state index contributed by atoms with van der Waals surface area (Å²) >= 11 is 0. The molecular weight excluding hydrogens is 282 g/mol. The fourth-order valence-electron chi connectivity index (χ4n) is 2.66. The summed E-state index contributed by atoms with van der Waals surface area (Å²) in [5, 5.41) is 20.1. The Kier molecular flexibility index (Phi) is 5.79. The molecule has 0 spiro atoms. The predicted octanol–water partition coefficient (Wildman–Crippen LogP) is 1.26. The lowest BCUT2D eigenvalue weighted by atomic mass is 9.85. The minimum Gasteiger partial charge on any atom is -0.388 e. The Labute approximate surface area is 131 Å². The van der Waals surface area contributed by atoms with Gasteiger partial charge in [-0.1, -0.05) is 19.3 Å². The molecule has 2 rings (SSSR count). The van der Waals surface area contributed by atoms with E-state index in [4.69, 9.17) is 0 Å². The Hall–Kier alpha value is -1.60. The average molecular weight is 309 g/mol. The number of carbonyl (C=O) groups excluding carboxylic acids is 1. The van der Waals surface area contributed by atoms with Gasteiger partial charge in [-0.15, -0.1) is 0 Å². The Morgan fingerprint density at radius 2 is 2.14 bits per heavy atom. The van der Waals surface area contributed by atoms with E-state index >= 15 is 0 Å². The summed E-state index contributed by atoms with van der Waals surface area (Å²) in [6.45, 7) is 1.96. The van der Waals surface area contributed by atoms with Crippen molar-refractivity contribution in [2.45, 2.75) is 44.2 Å². The van der Waals surface area contributed by atoms with Gasteiger partial charge in [-0.25, -0.2) is 4.79 Å². The first-order chi connectivity index (χ1) is 10.5. The minimum absolute atomic E-state index is 0.299. The second kappa shape index (κ2) is 7.60. The number of nitrogens with zero attached hydrogens (tertiary/aromatic N) is 3. The molecule has 1 aromatic heterocycles. The van der Waals surface area contributed by atoms with Crippen LogP contribution in [-0.2, 0) is 6.54 Å². The highest BCUT2D eigenvalue weighted by molar-refractivity contribution is 5.88. The summed E-state index contributed by atoms with van der Waals surface area (Å²) < 4.78 is 1.80. The summed E-state index contributed by atoms with van der Waals surface area (Å²) in [4.78, 5) is 14.0. The number of aliphatic hydroxyl groups is 1. The van der Waals surface area contributed by atoms with Gasteiger partial charge in [-0.3, -0.25) is 4.68 Å². The highest BCUT2D eigenvalue weighted by atomic mass is 16.3. The number of hydrogen-bond acceptors (Lipinski definition) is 4. The van der Waals surface area contributed by atoms with Crippen LogP contribution in [0.15, 0.2) is 12.4 Å². The molecule has 22 heavy (non-hydrogen) atoms. The largest absolute Gasteiger partial charge is 0.388 e. The maximum Gasteiger partial charge on any atom is 0.319 e. The van der Waals surface area contributed by atoms with Crippen LogP contribution >= 0.6 is 0 Å². The molecule has 1 saturated carbocycles. The molecule has 0 unspecified atom stereocenters. The van der Waals surface area contributed by atoms with Crippen molar-refractivity contribution in [2.75, 3.05) is 32.5 Å². The number of urea groups is 1. The van der Waals surface area contributed by atoms with Crippen molar-refractivity contribution in [3.05, 3.63) is 12.4 Å². The number of carbonyl (C=O) groups is 1. The maximum absolute atomic E-state index is 11.9. The molecule has 3 N–H and O–H groups in total. The van der Waals surface area contributed by atoms with Gasteiger partial charge in [-0.2, -0.15) is 5.10 Å². The van der Waals surface area contributed by atoms with E-state index < -0.39 is 5.60 Å². The predicted molar refractivity (Wildman–Crippen MR) is 85.8 cm³/mol. The summed E-state index contributed by atoms with van der Waals surface area (Å²) in [7, 11) is 4.01. The molecule has 0 aliphatic heterocycles. The third-order valence-electron chi connectivity index (χ3n) is 4.03. The van der Waals surface area contributed by atoms with Gasteiger partial charge in [0.1, 0.15) is 0 Å². The van der Waals surface area contributed by atoms with Gasteiger partial charge in [0.25, 0.3) is 0 Å². The lowest BCUT2D eigenvalue weighted by Crippen LogP contribution is -2.45. The number of amides is 2. The fraction of sp³-hybridized carbons (Fsp3) is 0.733. The first-order valence-electron chi connectivity index (χ1n) is 7.91. The van der Waals surface area contributed by atoms with Gasteiger partial charge in [0, 0.05) is 19.3 Å². The van der Waals surface area contributed by atoms with Crippen molar-refractivity contribution in [1.82, 2.24) is 20.0 Å². The average Bonchev–Trinajstić information content (AvgIpc) is 2.91. The van der Waals surface area contributed by atoms with Crippen molar-refractivity contribution in [1.29, 1.82) is 0 Å². The topological polar surface area (TPSA) is 82.4 Å². The van der Waals surface area contributed by atoms with Crippen LogP contribution in [0, 0.1) is 0 Å². The lowest BCUT2D eigenvalue weighted by Gasteiger charge is -2.32.